The average Bonchev–Trinajstić information content (AvgIpc) is 2.74. The molecule has 3 rings (SSSR count). The topological polar surface area (TPSA) is 55.0 Å². The summed E-state index contributed by atoms with van der Waals surface area (Å²) in [6.07, 6.45) is 0. The van der Waals surface area contributed by atoms with E-state index in [0.717, 1.165) is 15.3 Å². The number of benzene rings is 1. The van der Waals surface area contributed by atoms with Crippen molar-refractivity contribution in [2.24, 2.45) is 0 Å². The number of H-pyrrole nitrogens is 1. The number of nitrogens with one attached hydrogen (secondary N) is 1. The molecule has 3 aromatic rings. The Labute approximate surface area is 130 Å². The molecule has 0 bridgehead atoms. The lowest BCUT2D eigenvalue weighted by Crippen LogP contribution is -2.13. The third-order valence-electron chi connectivity index (χ3n) is 3.28. The fourth-order valence-corrected chi connectivity index (χ4v) is 3.22. The summed E-state index contributed by atoms with van der Waals surface area (Å²) in [6.45, 7) is 4.14. The summed E-state index contributed by atoms with van der Waals surface area (Å²) in [7, 11) is 0. The molecule has 0 amide bonds. The van der Waals surface area contributed by atoms with E-state index in [1.807, 2.05) is 13.8 Å². The summed E-state index contributed by atoms with van der Waals surface area (Å²) in [5, 5.41) is 1.33. The molecule has 0 aliphatic heterocycles. The zero-order valence-corrected chi connectivity index (χ0v) is 13.1. The highest BCUT2D eigenvalue weighted by atomic mass is 35.5. The Morgan fingerprint density at radius 1 is 1.29 bits per heavy atom. The van der Waals surface area contributed by atoms with Gasteiger partial charge >= 0.3 is 0 Å². The van der Waals surface area contributed by atoms with Crippen LogP contribution in [0.15, 0.2) is 29.1 Å². The summed E-state index contributed by atoms with van der Waals surface area (Å²) in [4.78, 5) is 21.2. The lowest BCUT2D eigenvalue weighted by molar-refractivity contribution is 0.296. The maximum absolute atomic E-state index is 12.1. The second kappa shape index (κ2) is 5.50. The molecule has 4 nitrogen and oxygen atoms in total. The maximum Gasteiger partial charge on any atom is 0.260 e. The third kappa shape index (κ3) is 2.80. The fraction of sp³-hybridized carbons (Fsp3) is 0.200. The number of aromatic nitrogens is 2. The highest BCUT2D eigenvalue weighted by molar-refractivity contribution is 7.18. The zero-order valence-electron chi connectivity index (χ0n) is 11.6. The van der Waals surface area contributed by atoms with Gasteiger partial charge in [-0.2, -0.15) is 0 Å². The highest BCUT2D eigenvalue weighted by Gasteiger charge is 2.11. The molecule has 0 atom stereocenters. The maximum atomic E-state index is 12.1. The predicted molar refractivity (Wildman–Crippen MR) is 85.5 cm³/mol. The van der Waals surface area contributed by atoms with E-state index in [-0.39, 0.29) is 12.2 Å². The first-order chi connectivity index (χ1) is 10.0. The Balaban J connectivity index is 1.88. The molecule has 6 heteroatoms. The number of hydrogen-bond donors (Lipinski definition) is 1. The van der Waals surface area contributed by atoms with Gasteiger partial charge in [0.15, 0.2) is 0 Å². The van der Waals surface area contributed by atoms with Crippen LogP contribution in [0.2, 0.25) is 5.02 Å². The molecule has 1 N–H and O–H groups in total. The molecular formula is C15H13ClN2O2S. The summed E-state index contributed by atoms with van der Waals surface area (Å²) in [5.74, 6) is 1.20. The largest absolute Gasteiger partial charge is 0.486 e. The standard InChI is InChI=1S/C15H13ClN2O2S/c1-8-9(2)21-15-13(8)14(19)17-12(18-15)7-20-11-5-3-10(16)4-6-11/h3-6H,7H2,1-2H3,(H,17,18,19). The van der Waals surface area contributed by atoms with Crippen LogP contribution in [0.25, 0.3) is 10.2 Å². The van der Waals surface area contributed by atoms with Gasteiger partial charge in [-0.15, -0.1) is 11.3 Å². The molecule has 0 spiro atoms. The van der Waals surface area contributed by atoms with Gasteiger partial charge in [0.1, 0.15) is 23.0 Å². The van der Waals surface area contributed by atoms with Crippen molar-refractivity contribution in [3.63, 3.8) is 0 Å². The van der Waals surface area contributed by atoms with Crippen LogP contribution < -0.4 is 10.3 Å². The van der Waals surface area contributed by atoms with Crippen molar-refractivity contribution in [3.05, 3.63) is 55.9 Å². The van der Waals surface area contributed by atoms with Gasteiger partial charge < -0.3 is 9.72 Å². The molecule has 0 unspecified atom stereocenters. The summed E-state index contributed by atoms with van der Waals surface area (Å²) < 4.78 is 5.60. The van der Waals surface area contributed by atoms with Gasteiger partial charge in [-0.05, 0) is 43.7 Å². The van der Waals surface area contributed by atoms with E-state index in [1.165, 1.54) is 11.3 Å². The first-order valence-electron chi connectivity index (χ1n) is 6.42. The number of halogens is 1. The van der Waals surface area contributed by atoms with Crippen molar-refractivity contribution in [3.8, 4) is 5.75 Å². The number of thiophene rings is 1. The van der Waals surface area contributed by atoms with E-state index >= 15 is 0 Å². The Kier molecular flexibility index (Phi) is 3.69. The van der Waals surface area contributed by atoms with E-state index in [2.05, 4.69) is 9.97 Å². The van der Waals surface area contributed by atoms with Crippen LogP contribution in [-0.4, -0.2) is 9.97 Å². The number of ether oxygens (including phenoxy) is 1. The molecule has 0 saturated carbocycles. The number of hydrogen-bond acceptors (Lipinski definition) is 4. The van der Waals surface area contributed by atoms with Crippen molar-refractivity contribution in [2.45, 2.75) is 20.5 Å². The highest BCUT2D eigenvalue weighted by Crippen LogP contribution is 2.25. The van der Waals surface area contributed by atoms with E-state index < -0.39 is 0 Å². The quantitative estimate of drug-likeness (QED) is 0.798. The molecule has 108 valence electrons. The van der Waals surface area contributed by atoms with Crippen molar-refractivity contribution in [1.29, 1.82) is 0 Å². The van der Waals surface area contributed by atoms with Crippen LogP contribution in [0.4, 0.5) is 0 Å². The molecule has 0 radical (unpaired) electrons. The van der Waals surface area contributed by atoms with Gasteiger partial charge in [0.05, 0.1) is 5.39 Å². The molecule has 2 aromatic heterocycles. The molecule has 2 heterocycles. The van der Waals surface area contributed by atoms with Crippen molar-refractivity contribution in [2.75, 3.05) is 0 Å². The number of aromatic amines is 1. The normalized spacial score (nSPS) is 11.0. The SMILES string of the molecule is Cc1sc2nc(COc3ccc(Cl)cc3)[nH]c(=O)c2c1C. The molecule has 0 aliphatic carbocycles. The monoisotopic (exact) mass is 320 g/mol. The smallest absolute Gasteiger partial charge is 0.260 e. The van der Waals surface area contributed by atoms with Crippen LogP contribution in [-0.2, 0) is 6.61 Å². The summed E-state index contributed by atoms with van der Waals surface area (Å²) >= 11 is 7.34. The lowest BCUT2D eigenvalue weighted by Gasteiger charge is -2.05. The molecular weight excluding hydrogens is 308 g/mol. The molecule has 0 saturated heterocycles. The van der Waals surface area contributed by atoms with E-state index in [0.29, 0.717) is 22.0 Å². The minimum atomic E-state index is -0.114. The Bertz CT molecular complexity index is 852. The molecule has 0 fully saturated rings. The van der Waals surface area contributed by atoms with Gasteiger partial charge in [-0.3, -0.25) is 4.79 Å². The van der Waals surface area contributed by atoms with Gasteiger partial charge in [0, 0.05) is 9.90 Å². The van der Waals surface area contributed by atoms with Crippen LogP contribution in [0.3, 0.4) is 0 Å². The van der Waals surface area contributed by atoms with Crippen LogP contribution in [0.5, 0.6) is 5.75 Å². The second-order valence-corrected chi connectivity index (χ2v) is 6.36. The van der Waals surface area contributed by atoms with E-state index in [9.17, 15) is 4.79 Å². The first kappa shape index (κ1) is 14.1. The lowest BCUT2D eigenvalue weighted by atomic mass is 10.2. The third-order valence-corrected chi connectivity index (χ3v) is 4.63. The molecule has 0 aliphatic rings. The van der Waals surface area contributed by atoms with Gasteiger partial charge in [0.25, 0.3) is 5.56 Å². The number of nitrogens with zero attached hydrogens (tertiary/aromatic N) is 1. The van der Waals surface area contributed by atoms with Crippen LogP contribution in [0.1, 0.15) is 16.3 Å². The predicted octanol–water partition coefficient (Wildman–Crippen LogP) is 3.83. The number of fused-ring (bicyclic) bond motifs is 1. The fourth-order valence-electron chi connectivity index (χ4n) is 2.05. The Hall–Kier alpha value is -1.85. The number of aryl methyl sites for hydroxylation is 2. The molecule has 1 aromatic carbocycles. The van der Waals surface area contributed by atoms with Crippen molar-refractivity contribution >= 4 is 33.2 Å². The first-order valence-corrected chi connectivity index (χ1v) is 7.61. The van der Waals surface area contributed by atoms with Crippen molar-refractivity contribution in [1.82, 2.24) is 9.97 Å². The Morgan fingerprint density at radius 2 is 2.00 bits per heavy atom. The zero-order chi connectivity index (χ0) is 15.0. The minimum Gasteiger partial charge on any atom is -0.486 e. The van der Waals surface area contributed by atoms with E-state index in [4.69, 9.17) is 16.3 Å². The van der Waals surface area contributed by atoms with E-state index in [1.54, 1.807) is 24.3 Å². The molecule has 21 heavy (non-hydrogen) atoms. The summed E-state index contributed by atoms with van der Waals surface area (Å²) in [5.41, 5.74) is 0.880. The van der Waals surface area contributed by atoms with Crippen LogP contribution in [0, 0.1) is 13.8 Å². The van der Waals surface area contributed by atoms with Gasteiger partial charge in [0.2, 0.25) is 0 Å². The average molecular weight is 321 g/mol. The second-order valence-electron chi connectivity index (χ2n) is 4.72. The number of rotatable bonds is 3. The van der Waals surface area contributed by atoms with Gasteiger partial charge in [-0.1, -0.05) is 11.6 Å². The summed E-state index contributed by atoms with van der Waals surface area (Å²) in [6, 6.07) is 7.06. The minimum absolute atomic E-state index is 0.114. The van der Waals surface area contributed by atoms with Gasteiger partial charge in [-0.25, -0.2) is 4.98 Å². The van der Waals surface area contributed by atoms with Crippen LogP contribution >= 0.6 is 22.9 Å². The van der Waals surface area contributed by atoms with Crippen molar-refractivity contribution < 1.29 is 4.74 Å². The Morgan fingerprint density at radius 3 is 2.71 bits per heavy atom.